The van der Waals surface area contributed by atoms with Gasteiger partial charge in [0.1, 0.15) is 5.00 Å². The molecule has 1 heterocycles. The highest BCUT2D eigenvalue weighted by Gasteiger charge is 1.94. The topological polar surface area (TPSA) is 103 Å². The summed E-state index contributed by atoms with van der Waals surface area (Å²) < 4.78 is 0. The van der Waals surface area contributed by atoms with E-state index in [2.05, 4.69) is 9.98 Å². The zero-order valence-corrected chi connectivity index (χ0v) is 5.93. The van der Waals surface area contributed by atoms with E-state index in [4.69, 9.17) is 17.2 Å². The maximum absolute atomic E-state index is 5.36. The van der Waals surface area contributed by atoms with Crippen LogP contribution in [0.25, 0.3) is 0 Å². The molecule has 0 saturated heterocycles. The first kappa shape index (κ1) is 6.81. The molecule has 0 unspecified atom stereocenters. The number of rotatable bonds is 1. The Labute approximate surface area is 61.6 Å². The second-order valence-electron chi connectivity index (χ2n) is 1.58. The Morgan fingerprint density at radius 2 is 2.30 bits per heavy atom. The first-order valence-corrected chi connectivity index (χ1v) is 3.31. The molecule has 0 aromatic carbocycles. The predicted molar refractivity (Wildman–Crippen MR) is 42.0 cm³/mol. The smallest absolute Gasteiger partial charge is 0.214 e. The lowest BCUT2D eigenvalue weighted by atomic mass is 10.9. The van der Waals surface area contributed by atoms with Crippen LogP contribution in [0.15, 0.2) is 11.2 Å². The number of aliphatic imine (C=N–C) groups is 1. The predicted octanol–water partition coefficient (Wildman–Crippen LogP) is -0.370. The van der Waals surface area contributed by atoms with Crippen LogP contribution in [-0.2, 0) is 0 Å². The average molecular weight is 157 g/mol. The molecule has 0 aliphatic carbocycles. The third kappa shape index (κ3) is 1.59. The summed E-state index contributed by atoms with van der Waals surface area (Å²) in [6.07, 6.45) is 1.51. The Morgan fingerprint density at radius 3 is 2.70 bits per heavy atom. The average Bonchev–Trinajstić information content (AvgIpc) is 2.13. The van der Waals surface area contributed by atoms with Crippen LogP contribution in [0.4, 0.5) is 10.1 Å². The number of hydrogen-bond donors (Lipinski definition) is 3. The molecule has 1 aromatic heterocycles. The van der Waals surface area contributed by atoms with Crippen LogP contribution in [-0.4, -0.2) is 10.9 Å². The minimum atomic E-state index is -0.00523. The lowest BCUT2D eigenvalue weighted by Crippen LogP contribution is -2.21. The fraction of sp³-hybridized carbons (Fsp3) is 0. The van der Waals surface area contributed by atoms with Crippen molar-refractivity contribution < 1.29 is 0 Å². The highest BCUT2D eigenvalue weighted by Crippen LogP contribution is 2.21. The summed E-state index contributed by atoms with van der Waals surface area (Å²) in [5.74, 6) is -0.00523. The maximum atomic E-state index is 5.36. The number of nitrogens with two attached hydrogens (primary N) is 3. The zero-order chi connectivity index (χ0) is 7.56. The fourth-order valence-electron chi connectivity index (χ4n) is 0.439. The Hall–Kier alpha value is -1.30. The summed E-state index contributed by atoms with van der Waals surface area (Å²) in [6.45, 7) is 0. The molecule has 6 heteroatoms. The molecule has 10 heavy (non-hydrogen) atoms. The molecule has 1 aromatic rings. The highest BCUT2D eigenvalue weighted by atomic mass is 32.1. The van der Waals surface area contributed by atoms with E-state index < -0.39 is 0 Å². The van der Waals surface area contributed by atoms with Gasteiger partial charge in [0.2, 0.25) is 5.13 Å². The van der Waals surface area contributed by atoms with E-state index in [-0.39, 0.29) is 5.96 Å². The van der Waals surface area contributed by atoms with Crippen molar-refractivity contribution in [2.24, 2.45) is 16.5 Å². The van der Waals surface area contributed by atoms with E-state index in [1.54, 1.807) is 0 Å². The summed E-state index contributed by atoms with van der Waals surface area (Å²) in [6, 6.07) is 0. The summed E-state index contributed by atoms with van der Waals surface area (Å²) in [5, 5.41) is 1.08. The number of aromatic nitrogens is 1. The Kier molecular flexibility index (Phi) is 1.72. The van der Waals surface area contributed by atoms with Gasteiger partial charge in [-0.15, -0.1) is 0 Å². The molecule has 0 atom stereocenters. The van der Waals surface area contributed by atoms with Crippen molar-refractivity contribution in [3.63, 3.8) is 0 Å². The second kappa shape index (κ2) is 2.53. The highest BCUT2D eigenvalue weighted by molar-refractivity contribution is 7.19. The van der Waals surface area contributed by atoms with Crippen LogP contribution in [0, 0.1) is 0 Å². The van der Waals surface area contributed by atoms with Crippen LogP contribution in [0.3, 0.4) is 0 Å². The molecular formula is C4H7N5S. The monoisotopic (exact) mass is 157 g/mol. The van der Waals surface area contributed by atoms with Crippen molar-refractivity contribution in [1.29, 1.82) is 0 Å². The molecule has 1 rings (SSSR count). The summed E-state index contributed by atoms with van der Waals surface area (Å²) in [4.78, 5) is 7.48. The molecule has 54 valence electrons. The van der Waals surface area contributed by atoms with E-state index in [1.165, 1.54) is 17.5 Å². The van der Waals surface area contributed by atoms with Gasteiger partial charge in [0.05, 0.1) is 6.20 Å². The van der Waals surface area contributed by atoms with Crippen molar-refractivity contribution in [2.45, 2.75) is 0 Å². The van der Waals surface area contributed by atoms with Gasteiger partial charge in [-0.2, -0.15) is 4.99 Å². The largest absolute Gasteiger partial charge is 0.389 e. The van der Waals surface area contributed by atoms with Gasteiger partial charge in [-0.1, -0.05) is 11.3 Å². The number of anilines is 1. The summed E-state index contributed by atoms with van der Waals surface area (Å²) in [7, 11) is 0. The van der Waals surface area contributed by atoms with Crippen molar-refractivity contribution >= 4 is 27.4 Å². The quantitative estimate of drug-likeness (QED) is 0.382. The number of nitrogens with zero attached hydrogens (tertiary/aromatic N) is 2. The SMILES string of the molecule is NC(N)=Nc1ncc(N)s1. The van der Waals surface area contributed by atoms with E-state index in [0.29, 0.717) is 10.1 Å². The van der Waals surface area contributed by atoms with Gasteiger partial charge >= 0.3 is 0 Å². The van der Waals surface area contributed by atoms with Crippen molar-refractivity contribution in [1.82, 2.24) is 4.98 Å². The van der Waals surface area contributed by atoms with Crippen LogP contribution in [0.5, 0.6) is 0 Å². The number of thiazole rings is 1. The Morgan fingerprint density at radius 1 is 1.60 bits per heavy atom. The Bertz CT molecular complexity index is 248. The minimum absolute atomic E-state index is 0.00523. The van der Waals surface area contributed by atoms with Gasteiger partial charge in [-0.25, -0.2) is 4.98 Å². The molecular weight excluding hydrogens is 150 g/mol. The Balaban J connectivity index is 2.86. The van der Waals surface area contributed by atoms with Gasteiger partial charge in [0.25, 0.3) is 0 Å². The van der Waals surface area contributed by atoms with Gasteiger partial charge in [0, 0.05) is 0 Å². The molecule has 6 N–H and O–H groups in total. The maximum Gasteiger partial charge on any atom is 0.214 e. The molecule has 0 amide bonds. The second-order valence-corrected chi connectivity index (χ2v) is 2.62. The van der Waals surface area contributed by atoms with Crippen LogP contribution in [0.1, 0.15) is 0 Å². The number of nitrogen functional groups attached to an aromatic ring is 1. The van der Waals surface area contributed by atoms with E-state index >= 15 is 0 Å². The lowest BCUT2D eigenvalue weighted by molar-refractivity contribution is 1.33. The third-order valence-corrected chi connectivity index (χ3v) is 1.46. The normalized spacial score (nSPS) is 9.20. The van der Waals surface area contributed by atoms with Gasteiger partial charge in [0.15, 0.2) is 5.96 Å². The number of guanidine groups is 1. The molecule has 0 bridgehead atoms. The standard InChI is InChI=1S/C4H7N5S/c5-2-1-8-4(10-2)9-3(6)7/h1H,5H2,(H4,6,7,8,9). The van der Waals surface area contributed by atoms with Crippen LogP contribution < -0.4 is 17.2 Å². The van der Waals surface area contributed by atoms with Gasteiger partial charge in [-0.05, 0) is 0 Å². The lowest BCUT2D eigenvalue weighted by Gasteiger charge is -1.84. The zero-order valence-electron chi connectivity index (χ0n) is 5.11. The fourth-order valence-corrected chi connectivity index (χ4v) is 1.01. The van der Waals surface area contributed by atoms with Crippen molar-refractivity contribution in [3.05, 3.63) is 6.20 Å². The molecule has 0 radical (unpaired) electrons. The molecule has 0 aliphatic heterocycles. The van der Waals surface area contributed by atoms with E-state index in [9.17, 15) is 0 Å². The first-order chi connectivity index (χ1) is 4.68. The van der Waals surface area contributed by atoms with Crippen LogP contribution in [0.2, 0.25) is 0 Å². The van der Waals surface area contributed by atoms with Gasteiger partial charge in [-0.3, -0.25) is 0 Å². The number of hydrogen-bond acceptors (Lipinski definition) is 4. The van der Waals surface area contributed by atoms with E-state index in [1.807, 2.05) is 0 Å². The molecule has 0 aliphatic rings. The summed E-state index contributed by atoms with van der Waals surface area (Å²) in [5.41, 5.74) is 15.5. The summed E-state index contributed by atoms with van der Waals surface area (Å²) >= 11 is 1.24. The molecule has 5 nitrogen and oxygen atoms in total. The molecule has 0 fully saturated rings. The molecule has 0 saturated carbocycles. The molecule has 0 spiro atoms. The van der Waals surface area contributed by atoms with Crippen molar-refractivity contribution in [2.75, 3.05) is 5.73 Å². The van der Waals surface area contributed by atoms with Crippen LogP contribution >= 0.6 is 11.3 Å². The van der Waals surface area contributed by atoms with E-state index in [0.717, 1.165) is 0 Å². The van der Waals surface area contributed by atoms with Gasteiger partial charge < -0.3 is 17.2 Å². The minimum Gasteiger partial charge on any atom is -0.389 e. The van der Waals surface area contributed by atoms with Crippen molar-refractivity contribution in [3.8, 4) is 0 Å². The first-order valence-electron chi connectivity index (χ1n) is 2.49. The third-order valence-electron chi connectivity index (χ3n) is 0.736.